The number of ether oxygens (including phenoxy) is 2. The predicted molar refractivity (Wildman–Crippen MR) is 68.7 cm³/mol. The lowest BCUT2D eigenvalue weighted by Gasteiger charge is -2.24. The molecule has 17 heavy (non-hydrogen) atoms. The molecule has 3 heteroatoms. The fourth-order valence-corrected chi connectivity index (χ4v) is 2.91. The van der Waals surface area contributed by atoms with Gasteiger partial charge >= 0.3 is 0 Å². The number of nitrogens with two attached hydrogens (primary N) is 1. The summed E-state index contributed by atoms with van der Waals surface area (Å²) in [6.45, 7) is 5.11. The zero-order chi connectivity index (χ0) is 12.7. The highest BCUT2D eigenvalue weighted by Gasteiger charge is 2.63. The van der Waals surface area contributed by atoms with Crippen molar-refractivity contribution < 1.29 is 9.47 Å². The topological polar surface area (TPSA) is 44.5 Å². The van der Waals surface area contributed by atoms with Crippen molar-refractivity contribution in [3.63, 3.8) is 0 Å². The van der Waals surface area contributed by atoms with E-state index in [9.17, 15) is 0 Å². The Morgan fingerprint density at radius 3 is 1.94 bits per heavy atom. The molecule has 1 saturated carbocycles. The monoisotopic (exact) mass is 235 g/mol. The maximum absolute atomic E-state index is 6.01. The molecule has 0 amide bonds. The highest BCUT2D eigenvalue weighted by Crippen LogP contribution is 2.66. The average Bonchev–Trinajstić information content (AvgIpc) is 2.91. The number of hydrogen-bond acceptors (Lipinski definition) is 3. The lowest BCUT2D eigenvalue weighted by Crippen LogP contribution is -2.26. The van der Waals surface area contributed by atoms with E-state index in [-0.39, 0.29) is 10.8 Å². The third-order valence-electron chi connectivity index (χ3n) is 4.17. The molecule has 1 aliphatic rings. The van der Waals surface area contributed by atoms with Crippen LogP contribution in [0, 0.1) is 5.41 Å². The van der Waals surface area contributed by atoms with Crippen LogP contribution in [0.15, 0.2) is 18.2 Å². The molecule has 1 fully saturated rings. The summed E-state index contributed by atoms with van der Waals surface area (Å²) in [5.74, 6) is 1.75. The first-order valence-corrected chi connectivity index (χ1v) is 5.94. The van der Waals surface area contributed by atoms with Gasteiger partial charge in [0.05, 0.1) is 14.2 Å². The molecule has 94 valence electrons. The lowest BCUT2D eigenvalue weighted by molar-refractivity contribution is 0.366. The second-order valence-electron chi connectivity index (χ2n) is 5.38. The van der Waals surface area contributed by atoms with E-state index >= 15 is 0 Å². The fraction of sp³-hybridized carbons (Fsp3) is 0.571. The van der Waals surface area contributed by atoms with Crippen LogP contribution in [0.5, 0.6) is 11.5 Å². The van der Waals surface area contributed by atoms with E-state index < -0.39 is 0 Å². The Morgan fingerprint density at radius 1 is 1.18 bits per heavy atom. The van der Waals surface area contributed by atoms with Crippen LogP contribution < -0.4 is 15.2 Å². The van der Waals surface area contributed by atoms with Crippen molar-refractivity contribution in [1.82, 2.24) is 0 Å². The standard InChI is InChI=1S/C14H21NO2/c1-13(2)8-14(13,9-15)12-10(16-3)6-5-7-11(12)17-4/h5-7H,8-9,15H2,1-4H3. The molecule has 0 heterocycles. The van der Waals surface area contributed by atoms with Gasteiger partial charge in [-0.05, 0) is 24.0 Å². The first-order chi connectivity index (χ1) is 8.02. The summed E-state index contributed by atoms with van der Waals surface area (Å²) in [7, 11) is 3.38. The largest absolute Gasteiger partial charge is 0.496 e. The zero-order valence-corrected chi connectivity index (χ0v) is 11.0. The van der Waals surface area contributed by atoms with Crippen molar-refractivity contribution in [2.45, 2.75) is 25.7 Å². The summed E-state index contributed by atoms with van der Waals surface area (Å²) in [6, 6.07) is 5.90. The Labute approximate surface area is 103 Å². The second kappa shape index (κ2) is 3.91. The minimum Gasteiger partial charge on any atom is -0.496 e. The molecule has 3 nitrogen and oxygen atoms in total. The number of methoxy groups -OCH3 is 2. The highest BCUT2D eigenvalue weighted by molar-refractivity contribution is 5.55. The number of hydrogen-bond donors (Lipinski definition) is 1. The summed E-state index contributed by atoms with van der Waals surface area (Å²) < 4.78 is 10.9. The van der Waals surface area contributed by atoms with Gasteiger partial charge in [0.2, 0.25) is 0 Å². The minimum atomic E-state index is -0.00898. The van der Waals surface area contributed by atoms with Crippen LogP contribution in [0.4, 0.5) is 0 Å². The molecule has 0 saturated heterocycles. The lowest BCUT2D eigenvalue weighted by atomic mass is 9.86. The van der Waals surface area contributed by atoms with Crippen LogP contribution in [0.3, 0.4) is 0 Å². The van der Waals surface area contributed by atoms with Crippen molar-refractivity contribution in [3.8, 4) is 11.5 Å². The quantitative estimate of drug-likeness (QED) is 0.871. The van der Waals surface area contributed by atoms with Crippen LogP contribution in [0.1, 0.15) is 25.8 Å². The smallest absolute Gasteiger partial charge is 0.126 e. The van der Waals surface area contributed by atoms with E-state index in [2.05, 4.69) is 13.8 Å². The SMILES string of the molecule is COc1cccc(OC)c1C1(CN)CC1(C)C. The molecule has 1 aromatic rings. The highest BCUT2D eigenvalue weighted by atomic mass is 16.5. The second-order valence-corrected chi connectivity index (χ2v) is 5.38. The first kappa shape index (κ1) is 12.2. The molecule has 1 unspecified atom stereocenters. The Morgan fingerprint density at radius 2 is 1.65 bits per heavy atom. The van der Waals surface area contributed by atoms with Gasteiger partial charge in [-0.3, -0.25) is 0 Å². The summed E-state index contributed by atoms with van der Waals surface area (Å²) in [4.78, 5) is 0. The third-order valence-corrected chi connectivity index (χ3v) is 4.17. The molecule has 1 atom stereocenters. The number of benzene rings is 1. The molecule has 0 aliphatic heterocycles. The van der Waals surface area contributed by atoms with E-state index in [0.717, 1.165) is 23.5 Å². The summed E-state index contributed by atoms with van der Waals surface area (Å²) >= 11 is 0. The van der Waals surface area contributed by atoms with Crippen molar-refractivity contribution >= 4 is 0 Å². The average molecular weight is 235 g/mol. The van der Waals surface area contributed by atoms with Gasteiger partial charge in [0.1, 0.15) is 11.5 Å². The van der Waals surface area contributed by atoms with Gasteiger partial charge in [0.15, 0.2) is 0 Å². The molecule has 0 spiro atoms. The molecule has 2 rings (SSSR count). The van der Waals surface area contributed by atoms with Gasteiger partial charge in [-0.25, -0.2) is 0 Å². The predicted octanol–water partition coefficient (Wildman–Crippen LogP) is 2.33. The van der Waals surface area contributed by atoms with E-state index in [4.69, 9.17) is 15.2 Å². The Kier molecular flexibility index (Phi) is 2.82. The van der Waals surface area contributed by atoms with Gasteiger partial charge in [-0.1, -0.05) is 19.9 Å². The van der Waals surface area contributed by atoms with Crippen LogP contribution in [0.2, 0.25) is 0 Å². The Bertz CT molecular complexity index is 406. The van der Waals surface area contributed by atoms with Gasteiger partial charge in [0.25, 0.3) is 0 Å². The maximum Gasteiger partial charge on any atom is 0.126 e. The van der Waals surface area contributed by atoms with Gasteiger partial charge in [-0.15, -0.1) is 0 Å². The molecule has 1 aromatic carbocycles. The minimum absolute atomic E-state index is 0.00898. The van der Waals surface area contributed by atoms with Crippen LogP contribution in [0.25, 0.3) is 0 Å². The van der Waals surface area contributed by atoms with E-state index in [1.165, 1.54) is 0 Å². The van der Waals surface area contributed by atoms with Gasteiger partial charge in [-0.2, -0.15) is 0 Å². The zero-order valence-electron chi connectivity index (χ0n) is 11.0. The van der Waals surface area contributed by atoms with Crippen molar-refractivity contribution in [2.24, 2.45) is 11.1 Å². The summed E-state index contributed by atoms with van der Waals surface area (Å²) in [6.07, 6.45) is 1.08. The number of rotatable bonds is 4. The molecule has 1 aliphatic carbocycles. The van der Waals surface area contributed by atoms with Crippen LogP contribution in [-0.4, -0.2) is 20.8 Å². The van der Waals surface area contributed by atoms with Crippen LogP contribution in [-0.2, 0) is 5.41 Å². The summed E-state index contributed by atoms with van der Waals surface area (Å²) in [5.41, 5.74) is 7.34. The molecule has 0 aromatic heterocycles. The fourth-order valence-electron chi connectivity index (χ4n) is 2.91. The molecular formula is C14H21NO2. The van der Waals surface area contributed by atoms with Crippen LogP contribution >= 0.6 is 0 Å². The Hall–Kier alpha value is -1.22. The van der Waals surface area contributed by atoms with E-state index in [0.29, 0.717) is 6.54 Å². The third kappa shape index (κ3) is 1.61. The molecule has 0 radical (unpaired) electrons. The van der Waals surface area contributed by atoms with Crippen molar-refractivity contribution in [3.05, 3.63) is 23.8 Å². The molecule has 2 N–H and O–H groups in total. The molecular weight excluding hydrogens is 214 g/mol. The van der Waals surface area contributed by atoms with E-state index in [1.54, 1.807) is 14.2 Å². The first-order valence-electron chi connectivity index (χ1n) is 5.94. The normalized spacial score (nSPS) is 25.5. The maximum atomic E-state index is 6.01. The van der Waals surface area contributed by atoms with Gasteiger partial charge in [0, 0.05) is 17.5 Å². The van der Waals surface area contributed by atoms with Crippen molar-refractivity contribution in [1.29, 1.82) is 0 Å². The summed E-state index contributed by atoms with van der Waals surface area (Å²) in [5, 5.41) is 0. The Balaban J connectivity index is 2.58. The molecule has 0 bridgehead atoms. The van der Waals surface area contributed by atoms with Gasteiger partial charge < -0.3 is 15.2 Å². The van der Waals surface area contributed by atoms with Crippen molar-refractivity contribution in [2.75, 3.05) is 20.8 Å². The van der Waals surface area contributed by atoms with E-state index in [1.807, 2.05) is 18.2 Å².